The fourth-order valence-electron chi connectivity index (χ4n) is 3.10. The molecule has 0 spiro atoms. The zero-order valence-electron chi connectivity index (χ0n) is 16.1. The number of carbonyl (C=O) groups is 1. The number of amides is 1. The molecule has 31 heavy (non-hydrogen) atoms. The van der Waals surface area contributed by atoms with Crippen molar-refractivity contribution in [3.05, 3.63) is 83.2 Å². The summed E-state index contributed by atoms with van der Waals surface area (Å²) >= 11 is 1.21. The van der Waals surface area contributed by atoms with Gasteiger partial charge in [0, 0.05) is 16.0 Å². The van der Waals surface area contributed by atoms with Gasteiger partial charge in [0.2, 0.25) is 10.0 Å². The van der Waals surface area contributed by atoms with Crippen molar-refractivity contribution in [3.8, 4) is 11.1 Å². The van der Waals surface area contributed by atoms with Gasteiger partial charge in [-0.2, -0.15) is 0 Å². The largest absolute Gasteiger partial charge is 0.319 e. The van der Waals surface area contributed by atoms with E-state index >= 15 is 0 Å². The molecule has 0 atom stereocenters. The van der Waals surface area contributed by atoms with Gasteiger partial charge in [0.05, 0.1) is 16.8 Å². The first-order valence-electron chi connectivity index (χ1n) is 9.07. The third kappa shape index (κ3) is 4.73. The number of hydrogen-bond donors (Lipinski definition) is 2. The van der Waals surface area contributed by atoms with Gasteiger partial charge in [-0.05, 0) is 53.4 Å². The third-order valence-corrected chi connectivity index (χ3v) is 6.17. The minimum absolute atomic E-state index is 0.00344. The molecule has 9 heteroatoms. The van der Waals surface area contributed by atoms with Crippen molar-refractivity contribution in [3.63, 3.8) is 0 Å². The maximum atomic E-state index is 15.0. The van der Waals surface area contributed by atoms with Crippen LogP contribution in [0, 0.1) is 11.6 Å². The van der Waals surface area contributed by atoms with Crippen LogP contribution in [0.4, 0.5) is 20.2 Å². The molecule has 1 aromatic heterocycles. The van der Waals surface area contributed by atoms with Crippen LogP contribution >= 0.6 is 11.3 Å². The molecule has 1 amide bonds. The molecule has 4 aromatic rings. The summed E-state index contributed by atoms with van der Waals surface area (Å²) < 4.78 is 54.1. The molecule has 0 aliphatic heterocycles. The number of benzene rings is 3. The fraction of sp³-hybridized carbons (Fsp3) is 0.0455. The first-order valence-corrected chi connectivity index (χ1v) is 11.8. The van der Waals surface area contributed by atoms with Crippen LogP contribution in [-0.4, -0.2) is 20.6 Å². The molecule has 5 nitrogen and oxygen atoms in total. The summed E-state index contributed by atoms with van der Waals surface area (Å²) in [4.78, 5) is 13.1. The molecule has 0 saturated carbocycles. The predicted molar refractivity (Wildman–Crippen MR) is 120 cm³/mol. The van der Waals surface area contributed by atoms with Gasteiger partial charge < -0.3 is 5.32 Å². The molecule has 0 fully saturated rings. The Morgan fingerprint density at radius 2 is 1.71 bits per heavy atom. The summed E-state index contributed by atoms with van der Waals surface area (Å²) in [6.07, 6.45) is 1.05. The quantitative estimate of drug-likeness (QED) is 0.416. The van der Waals surface area contributed by atoms with Crippen molar-refractivity contribution in [1.82, 2.24) is 0 Å². The number of thiophene rings is 1. The third-order valence-electron chi connectivity index (χ3n) is 4.45. The van der Waals surface area contributed by atoms with Crippen molar-refractivity contribution < 1.29 is 22.0 Å². The summed E-state index contributed by atoms with van der Waals surface area (Å²) in [7, 11) is -3.42. The van der Waals surface area contributed by atoms with E-state index < -0.39 is 27.6 Å². The molecule has 0 saturated heterocycles. The van der Waals surface area contributed by atoms with Gasteiger partial charge in [-0.3, -0.25) is 9.52 Å². The van der Waals surface area contributed by atoms with Crippen molar-refractivity contribution in [1.29, 1.82) is 0 Å². The molecule has 3 aromatic carbocycles. The molecule has 0 bridgehead atoms. The molecule has 0 unspecified atom stereocenters. The van der Waals surface area contributed by atoms with Gasteiger partial charge >= 0.3 is 0 Å². The van der Waals surface area contributed by atoms with Crippen molar-refractivity contribution in [2.45, 2.75) is 0 Å². The molecular formula is C22H16F2N2O3S2. The van der Waals surface area contributed by atoms with Crippen LogP contribution in [-0.2, 0) is 10.0 Å². The maximum absolute atomic E-state index is 15.0. The number of halogens is 2. The van der Waals surface area contributed by atoms with E-state index in [-0.39, 0.29) is 11.3 Å². The Kier molecular flexibility index (Phi) is 5.47. The molecule has 4 rings (SSSR count). The molecule has 2 N–H and O–H groups in total. The van der Waals surface area contributed by atoms with Gasteiger partial charge in [0.25, 0.3) is 5.91 Å². The summed E-state index contributed by atoms with van der Waals surface area (Å²) in [6.45, 7) is 0. The zero-order valence-corrected chi connectivity index (χ0v) is 17.8. The van der Waals surface area contributed by atoms with Crippen molar-refractivity contribution >= 4 is 48.7 Å². The van der Waals surface area contributed by atoms with Crippen molar-refractivity contribution in [2.24, 2.45) is 0 Å². The normalized spacial score (nSPS) is 11.5. The van der Waals surface area contributed by atoms with E-state index in [1.807, 2.05) is 0 Å². The fourth-order valence-corrected chi connectivity index (χ4v) is 4.59. The SMILES string of the molecule is CS(=O)(=O)Nc1ccc2sc(C(=O)Nc3cccc(-c4ccc(F)cc4)c3F)cc2c1. The zero-order chi connectivity index (χ0) is 22.2. The second-order valence-corrected chi connectivity index (χ2v) is 9.70. The van der Waals surface area contributed by atoms with Gasteiger partial charge in [-0.25, -0.2) is 17.2 Å². The number of nitrogens with one attached hydrogen (secondary N) is 2. The summed E-state index contributed by atoms with van der Waals surface area (Å²) in [5, 5.41) is 3.26. The second-order valence-electron chi connectivity index (χ2n) is 6.87. The van der Waals surface area contributed by atoms with E-state index in [0.29, 0.717) is 21.5 Å². The number of carbonyl (C=O) groups excluding carboxylic acids is 1. The average molecular weight is 459 g/mol. The Morgan fingerprint density at radius 3 is 2.42 bits per heavy atom. The van der Waals surface area contributed by atoms with E-state index in [2.05, 4.69) is 10.0 Å². The van der Waals surface area contributed by atoms with Crippen molar-refractivity contribution in [2.75, 3.05) is 16.3 Å². The van der Waals surface area contributed by atoms with E-state index in [1.54, 1.807) is 36.4 Å². The maximum Gasteiger partial charge on any atom is 0.265 e. The van der Waals surface area contributed by atoms with E-state index in [1.165, 1.54) is 41.7 Å². The topological polar surface area (TPSA) is 75.3 Å². The van der Waals surface area contributed by atoms with Crippen LogP contribution in [0.5, 0.6) is 0 Å². The lowest BCUT2D eigenvalue weighted by Crippen LogP contribution is -2.11. The second kappa shape index (κ2) is 8.09. The minimum Gasteiger partial charge on any atom is -0.319 e. The summed E-state index contributed by atoms with van der Waals surface area (Å²) in [5.74, 6) is -1.54. The first kappa shape index (κ1) is 21.0. The highest BCUT2D eigenvalue weighted by atomic mass is 32.2. The molecule has 0 aliphatic rings. The smallest absolute Gasteiger partial charge is 0.265 e. The standard InChI is InChI=1S/C22H16F2N2O3S2/c1-31(28,29)26-16-9-10-19-14(11-16)12-20(30-19)22(27)25-18-4-2-3-17(21(18)24)13-5-7-15(23)8-6-13/h2-12,26H,1H3,(H,25,27). The lowest BCUT2D eigenvalue weighted by Gasteiger charge is -2.09. The van der Waals surface area contributed by atoms with E-state index in [9.17, 15) is 22.0 Å². The van der Waals surface area contributed by atoms with Crippen LogP contribution in [0.2, 0.25) is 0 Å². The van der Waals surface area contributed by atoms with Gasteiger partial charge in [-0.15, -0.1) is 11.3 Å². The molecule has 0 aliphatic carbocycles. The molecule has 158 valence electrons. The summed E-state index contributed by atoms with van der Waals surface area (Å²) in [6, 6.07) is 16.6. The Morgan fingerprint density at radius 1 is 0.968 bits per heavy atom. The van der Waals surface area contributed by atoms with Crippen LogP contribution < -0.4 is 10.0 Å². The Hall–Kier alpha value is -3.30. The van der Waals surface area contributed by atoms with E-state index in [0.717, 1.165) is 11.0 Å². The van der Waals surface area contributed by atoms with Crippen LogP contribution in [0.25, 0.3) is 21.2 Å². The molecule has 1 heterocycles. The van der Waals surface area contributed by atoms with Gasteiger partial charge in [0.15, 0.2) is 5.82 Å². The predicted octanol–water partition coefficient (Wildman–Crippen LogP) is 5.47. The Balaban J connectivity index is 1.60. The Bertz CT molecular complexity index is 1400. The Labute approximate surface area is 181 Å². The van der Waals surface area contributed by atoms with Crippen LogP contribution in [0.1, 0.15) is 9.67 Å². The first-order chi connectivity index (χ1) is 14.7. The van der Waals surface area contributed by atoms with E-state index in [4.69, 9.17) is 0 Å². The highest BCUT2D eigenvalue weighted by Gasteiger charge is 2.16. The number of hydrogen-bond acceptors (Lipinski definition) is 4. The highest BCUT2D eigenvalue weighted by molar-refractivity contribution is 7.92. The van der Waals surface area contributed by atoms with Gasteiger partial charge in [0.1, 0.15) is 5.82 Å². The van der Waals surface area contributed by atoms with Crippen LogP contribution in [0.15, 0.2) is 66.7 Å². The average Bonchev–Trinajstić information content (AvgIpc) is 3.13. The number of sulfonamides is 1. The minimum atomic E-state index is -3.42. The number of rotatable bonds is 5. The summed E-state index contributed by atoms with van der Waals surface area (Å²) in [5.41, 5.74) is 1.12. The highest BCUT2D eigenvalue weighted by Crippen LogP contribution is 2.31. The number of anilines is 2. The van der Waals surface area contributed by atoms with Gasteiger partial charge in [-0.1, -0.05) is 24.3 Å². The number of fused-ring (bicyclic) bond motifs is 1. The molecular weight excluding hydrogens is 442 g/mol. The lowest BCUT2D eigenvalue weighted by molar-refractivity contribution is 0.103. The molecule has 0 radical (unpaired) electrons. The lowest BCUT2D eigenvalue weighted by atomic mass is 10.0. The monoisotopic (exact) mass is 458 g/mol. The van der Waals surface area contributed by atoms with Crippen LogP contribution in [0.3, 0.4) is 0 Å².